The Kier molecular flexibility index (Phi) is 8.84. The summed E-state index contributed by atoms with van der Waals surface area (Å²) in [5.41, 5.74) is 1.63. The van der Waals surface area contributed by atoms with Crippen LogP contribution in [0.15, 0.2) is 18.2 Å². The van der Waals surface area contributed by atoms with Crippen molar-refractivity contribution in [1.82, 2.24) is 4.98 Å². The van der Waals surface area contributed by atoms with E-state index in [0.717, 1.165) is 5.69 Å². The fourth-order valence-corrected chi connectivity index (χ4v) is 2.14. The third-order valence-corrected chi connectivity index (χ3v) is 2.63. The summed E-state index contributed by atoms with van der Waals surface area (Å²) in [4.78, 5) is 4.56. The van der Waals surface area contributed by atoms with E-state index in [0.29, 0.717) is 5.59 Å². The van der Waals surface area contributed by atoms with Gasteiger partial charge in [0.15, 0.2) is 0 Å². The van der Waals surface area contributed by atoms with E-state index in [-0.39, 0.29) is 37.2 Å². The molecular weight excluding hydrogens is 260 g/mol. The van der Waals surface area contributed by atoms with Gasteiger partial charge in [-0.1, -0.05) is 12.1 Å². The molecule has 114 valence electrons. The minimum Gasteiger partial charge on any atom is -0.538 e. The van der Waals surface area contributed by atoms with Gasteiger partial charge in [0.25, 0.3) is 0 Å². The zero-order valence-corrected chi connectivity index (χ0v) is 14.7. The number of nitrogens with zero attached hydrogens (tertiary/aromatic N) is 1. The maximum absolute atomic E-state index is 6.06. The minimum atomic E-state index is -2.05. The molecule has 0 bridgehead atoms. The molecule has 0 aliphatic carbocycles. The molecular formula is C15H27BLiNO3. The monoisotopic (exact) mass is 287 g/mol. The number of rotatable bonds is 7. The number of aromatic nitrogens is 1. The zero-order chi connectivity index (χ0) is 15.3. The van der Waals surface area contributed by atoms with Gasteiger partial charge in [0.2, 0.25) is 0 Å². The SMILES string of the molecule is Cc1cccc([B-](OC(C)C)(OC(C)C)OC(C)C)n1.[Li+]. The standard InChI is InChI=1S/C15H27BNO3.Li/c1-11(2)18-16(19-12(3)4,20-13(5)6)15-10-8-9-14(7)17-15;/h8-13H,1-7H3;/q-1;+1. The van der Waals surface area contributed by atoms with Crippen molar-refractivity contribution in [2.45, 2.75) is 66.8 Å². The van der Waals surface area contributed by atoms with Crippen LogP contribution >= 0.6 is 0 Å². The summed E-state index contributed by atoms with van der Waals surface area (Å²) in [5.74, 6) is 0. The summed E-state index contributed by atoms with van der Waals surface area (Å²) in [6, 6.07) is 5.80. The second-order valence-corrected chi connectivity index (χ2v) is 5.90. The quantitative estimate of drug-likeness (QED) is 0.652. The van der Waals surface area contributed by atoms with Crippen LogP contribution in [0.3, 0.4) is 0 Å². The summed E-state index contributed by atoms with van der Waals surface area (Å²) in [5, 5.41) is 0. The normalized spacial score (nSPS) is 12.1. The summed E-state index contributed by atoms with van der Waals surface area (Å²) in [6.45, 7) is 11.7. The van der Waals surface area contributed by atoms with Crippen LogP contribution in [0, 0.1) is 6.92 Å². The van der Waals surface area contributed by atoms with Crippen LogP contribution in [0.2, 0.25) is 0 Å². The molecule has 1 heterocycles. The van der Waals surface area contributed by atoms with Gasteiger partial charge in [-0.2, -0.15) is 0 Å². The van der Waals surface area contributed by atoms with Crippen LogP contribution in [-0.4, -0.2) is 30.1 Å². The zero-order valence-electron chi connectivity index (χ0n) is 14.7. The Labute approximate surface area is 141 Å². The van der Waals surface area contributed by atoms with Crippen LogP contribution in [0.5, 0.6) is 0 Å². The van der Waals surface area contributed by atoms with Crippen LogP contribution < -0.4 is 24.5 Å². The van der Waals surface area contributed by atoms with E-state index in [2.05, 4.69) is 4.98 Å². The van der Waals surface area contributed by atoms with Crippen LogP contribution in [0.25, 0.3) is 0 Å². The molecule has 0 radical (unpaired) electrons. The smallest absolute Gasteiger partial charge is 0.538 e. The molecule has 0 saturated carbocycles. The van der Waals surface area contributed by atoms with E-state index >= 15 is 0 Å². The Balaban J connectivity index is 0.00000400. The van der Waals surface area contributed by atoms with Gasteiger partial charge in [0.05, 0.1) is 0 Å². The molecule has 1 rings (SSSR count). The van der Waals surface area contributed by atoms with Gasteiger partial charge in [0, 0.05) is 24.0 Å². The predicted molar refractivity (Wildman–Crippen MR) is 83.0 cm³/mol. The molecule has 0 amide bonds. The molecule has 6 heteroatoms. The molecule has 0 atom stereocenters. The van der Waals surface area contributed by atoms with E-state index in [1.54, 1.807) is 0 Å². The Morgan fingerprint density at radius 2 is 1.29 bits per heavy atom. The van der Waals surface area contributed by atoms with E-state index < -0.39 is 6.75 Å². The van der Waals surface area contributed by atoms with E-state index in [4.69, 9.17) is 14.0 Å². The maximum atomic E-state index is 6.06. The molecule has 1 aromatic rings. The predicted octanol–water partition coefficient (Wildman–Crippen LogP) is -0.185. The van der Waals surface area contributed by atoms with Crippen molar-refractivity contribution in [2.24, 2.45) is 0 Å². The number of pyridine rings is 1. The Hall–Kier alpha value is -0.308. The molecule has 0 fully saturated rings. The van der Waals surface area contributed by atoms with Crippen molar-refractivity contribution in [3.05, 3.63) is 23.9 Å². The second-order valence-electron chi connectivity index (χ2n) is 5.90. The van der Waals surface area contributed by atoms with Crippen molar-refractivity contribution in [3.63, 3.8) is 0 Å². The number of hydrogen-bond donors (Lipinski definition) is 0. The van der Waals surface area contributed by atoms with Crippen molar-refractivity contribution in [1.29, 1.82) is 0 Å². The van der Waals surface area contributed by atoms with Crippen LogP contribution in [-0.2, 0) is 14.0 Å². The average molecular weight is 287 g/mol. The minimum absolute atomic E-state index is 0. The van der Waals surface area contributed by atoms with Crippen molar-refractivity contribution >= 4 is 12.3 Å². The number of aryl methyl sites for hydroxylation is 1. The van der Waals surface area contributed by atoms with Crippen LogP contribution in [0.4, 0.5) is 0 Å². The summed E-state index contributed by atoms with van der Waals surface area (Å²) >= 11 is 0. The Bertz CT molecular complexity index is 401. The summed E-state index contributed by atoms with van der Waals surface area (Å²) in [6.07, 6.45) is -0.0561. The first-order valence-corrected chi connectivity index (χ1v) is 7.36. The molecule has 0 N–H and O–H groups in total. The topological polar surface area (TPSA) is 40.6 Å². The Morgan fingerprint density at radius 1 is 0.857 bits per heavy atom. The van der Waals surface area contributed by atoms with E-state index in [1.165, 1.54) is 0 Å². The van der Waals surface area contributed by atoms with Gasteiger partial charge in [-0.05, 0) is 60.1 Å². The molecule has 0 spiro atoms. The fourth-order valence-electron chi connectivity index (χ4n) is 2.14. The summed E-state index contributed by atoms with van der Waals surface area (Å²) < 4.78 is 18.2. The number of hydrogen-bond acceptors (Lipinski definition) is 4. The summed E-state index contributed by atoms with van der Waals surface area (Å²) in [7, 11) is 0. The molecule has 0 aliphatic heterocycles. The second kappa shape index (κ2) is 8.97. The van der Waals surface area contributed by atoms with Gasteiger partial charge in [-0.3, -0.25) is 4.98 Å². The Morgan fingerprint density at radius 3 is 1.62 bits per heavy atom. The van der Waals surface area contributed by atoms with Gasteiger partial charge in [-0.25, -0.2) is 0 Å². The first-order valence-electron chi connectivity index (χ1n) is 7.36. The molecule has 0 aliphatic rings. The molecule has 1 aromatic heterocycles. The first kappa shape index (κ1) is 20.7. The van der Waals surface area contributed by atoms with E-state index in [9.17, 15) is 0 Å². The van der Waals surface area contributed by atoms with E-state index in [1.807, 2.05) is 66.7 Å². The fraction of sp³-hybridized carbons (Fsp3) is 0.667. The molecule has 0 unspecified atom stereocenters. The molecule has 0 aromatic carbocycles. The molecule has 4 nitrogen and oxygen atoms in total. The van der Waals surface area contributed by atoms with Crippen molar-refractivity contribution in [2.75, 3.05) is 0 Å². The first-order chi connectivity index (χ1) is 9.25. The maximum Gasteiger partial charge on any atom is 1.00 e. The van der Waals surface area contributed by atoms with Gasteiger partial charge >= 0.3 is 25.6 Å². The van der Waals surface area contributed by atoms with Crippen LogP contribution in [0.1, 0.15) is 47.2 Å². The largest absolute Gasteiger partial charge is 1.00 e. The van der Waals surface area contributed by atoms with Gasteiger partial charge in [-0.15, -0.1) is 0 Å². The third-order valence-electron chi connectivity index (χ3n) is 2.63. The molecule has 0 saturated heterocycles. The average Bonchev–Trinajstić information content (AvgIpc) is 2.25. The van der Waals surface area contributed by atoms with Crippen molar-refractivity contribution in [3.8, 4) is 0 Å². The van der Waals surface area contributed by atoms with Gasteiger partial charge in [0.1, 0.15) is 0 Å². The third kappa shape index (κ3) is 6.54. The van der Waals surface area contributed by atoms with Gasteiger partial charge < -0.3 is 14.0 Å². The molecule has 21 heavy (non-hydrogen) atoms. The van der Waals surface area contributed by atoms with Crippen molar-refractivity contribution < 1.29 is 32.8 Å².